The molecule has 0 aliphatic rings. The predicted octanol–water partition coefficient (Wildman–Crippen LogP) is 1.60. The number of anilines is 1. The van der Waals surface area contributed by atoms with Gasteiger partial charge in [-0.1, -0.05) is 13.8 Å². The Bertz CT molecular complexity index is 482. The second-order valence-corrected chi connectivity index (χ2v) is 5.98. The van der Waals surface area contributed by atoms with E-state index in [0.717, 1.165) is 0 Å². The Hall–Kier alpha value is -1.14. The van der Waals surface area contributed by atoms with Gasteiger partial charge in [-0.05, 0) is 12.1 Å². The van der Waals surface area contributed by atoms with Crippen molar-refractivity contribution in [3.05, 3.63) is 18.3 Å². The van der Waals surface area contributed by atoms with E-state index in [9.17, 15) is 13.2 Å². The van der Waals surface area contributed by atoms with Crippen molar-refractivity contribution in [1.82, 2.24) is 4.98 Å². The molecule has 0 fully saturated rings. The van der Waals surface area contributed by atoms with Gasteiger partial charge in [0, 0.05) is 16.6 Å². The summed E-state index contributed by atoms with van der Waals surface area (Å²) < 4.78 is 21.8. The highest BCUT2D eigenvalue weighted by molar-refractivity contribution is 8.13. The Labute approximate surface area is 98.3 Å². The largest absolute Gasteiger partial charge is 0.325 e. The molecule has 0 aliphatic heterocycles. The molecule has 1 rings (SSSR count). The number of hydrogen-bond donors (Lipinski definition) is 1. The Morgan fingerprint density at radius 3 is 2.44 bits per heavy atom. The van der Waals surface area contributed by atoms with E-state index >= 15 is 0 Å². The number of aromatic nitrogens is 1. The maximum absolute atomic E-state index is 11.3. The molecule has 0 spiro atoms. The predicted molar refractivity (Wildman–Crippen MR) is 60.7 cm³/mol. The van der Waals surface area contributed by atoms with Crippen molar-refractivity contribution in [2.24, 2.45) is 5.92 Å². The van der Waals surface area contributed by atoms with Crippen LogP contribution in [0.5, 0.6) is 0 Å². The van der Waals surface area contributed by atoms with E-state index < -0.39 is 9.05 Å². The van der Waals surface area contributed by atoms with Crippen LogP contribution in [-0.2, 0) is 13.8 Å². The molecule has 1 N–H and O–H groups in total. The molecular weight excluding hydrogens is 252 g/mol. The molecule has 1 heterocycles. The van der Waals surface area contributed by atoms with Crippen LogP contribution in [0.25, 0.3) is 0 Å². The number of nitrogens with one attached hydrogen (secondary N) is 1. The first-order valence-corrected chi connectivity index (χ1v) is 6.83. The van der Waals surface area contributed by atoms with Crippen LogP contribution in [-0.4, -0.2) is 19.3 Å². The summed E-state index contributed by atoms with van der Waals surface area (Å²) in [5.41, 5.74) is 0.433. The zero-order chi connectivity index (χ0) is 12.3. The molecule has 0 aromatic carbocycles. The summed E-state index contributed by atoms with van der Waals surface area (Å²) in [7, 11) is 1.27. The van der Waals surface area contributed by atoms with E-state index in [4.69, 9.17) is 10.7 Å². The van der Waals surface area contributed by atoms with Crippen LogP contribution >= 0.6 is 10.7 Å². The molecule has 0 aliphatic carbocycles. The molecule has 0 saturated carbocycles. The molecule has 5 nitrogen and oxygen atoms in total. The van der Waals surface area contributed by atoms with Crippen LogP contribution in [0, 0.1) is 5.92 Å². The van der Waals surface area contributed by atoms with Crippen molar-refractivity contribution in [2.75, 3.05) is 5.32 Å². The quantitative estimate of drug-likeness (QED) is 0.840. The maximum atomic E-state index is 11.3. The van der Waals surface area contributed by atoms with E-state index in [1.54, 1.807) is 13.8 Å². The third kappa shape index (κ3) is 3.46. The van der Waals surface area contributed by atoms with Crippen molar-refractivity contribution in [1.29, 1.82) is 0 Å². The van der Waals surface area contributed by atoms with Gasteiger partial charge in [0.2, 0.25) is 5.91 Å². The fourth-order valence-electron chi connectivity index (χ4n) is 0.885. The second-order valence-electron chi connectivity index (χ2n) is 3.47. The van der Waals surface area contributed by atoms with Crippen molar-refractivity contribution in [3.8, 4) is 0 Å². The number of carbonyl (C=O) groups excluding carboxylic acids is 1. The van der Waals surface area contributed by atoms with Crippen molar-refractivity contribution < 1.29 is 13.2 Å². The molecule has 0 atom stereocenters. The first kappa shape index (κ1) is 12.9. The fraction of sp³-hybridized carbons (Fsp3) is 0.333. The Balaban J connectivity index is 2.84. The van der Waals surface area contributed by atoms with Crippen LogP contribution in [0.2, 0.25) is 0 Å². The molecule has 88 valence electrons. The summed E-state index contributed by atoms with van der Waals surface area (Å²) in [5.74, 6) is -0.320. The summed E-state index contributed by atoms with van der Waals surface area (Å²) in [6.07, 6.45) is 1.25. The smallest absolute Gasteiger partial charge is 0.278 e. The number of carbonyl (C=O) groups is 1. The lowest BCUT2D eigenvalue weighted by Crippen LogP contribution is -2.17. The lowest BCUT2D eigenvalue weighted by molar-refractivity contribution is -0.118. The second kappa shape index (κ2) is 4.80. The average Bonchev–Trinajstić information content (AvgIpc) is 2.17. The van der Waals surface area contributed by atoms with Gasteiger partial charge in [0.15, 0.2) is 5.03 Å². The summed E-state index contributed by atoms with van der Waals surface area (Å²) in [4.78, 5) is 14.9. The van der Waals surface area contributed by atoms with Gasteiger partial charge in [-0.25, -0.2) is 13.4 Å². The van der Waals surface area contributed by atoms with E-state index in [-0.39, 0.29) is 16.9 Å². The molecule has 0 radical (unpaired) electrons. The third-order valence-corrected chi connectivity index (χ3v) is 2.99. The highest BCUT2D eigenvalue weighted by Crippen LogP contribution is 2.14. The highest BCUT2D eigenvalue weighted by Gasteiger charge is 2.12. The zero-order valence-corrected chi connectivity index (χ0v) is 10.3. The summed E-state index contributed by atoms with van der Waals surface area (Å²) in [6, 6.07) is 2.67. The summed E-state index contributed by atoms with van der Waals surface area (Å²) in [6.45, 7) is 3.50. The first-order valence-electron chi connectivity index (χ1n) is 4.52. The Morgan fingerprint density at radius 1 is 1.44 bits per heavy atom. The van der Waals surface area contributed by atoms with Gasteiger partial charge in [-0.2, -0.15) is 0 Å². The lowest BCUT2D eigenvalue weighted by Gasteiger charge is -2.06. The molecule has 0 saturated heterocycles. The van der Waals surface area contributed by atoms with Crippen LogP contribution in [0.3, 0.4) is 0 Å². The topological polar surface area (TPSA) is 76.1 Å². The fourth-order valence-corrected chi connectivity index (χ4v) is 1.57. The zero-order valence-electron chi connectivity index (χ0n) is 8.77. The molecule has 7 heteroatoms. The van der Waals surface area contributed by atoms with Crippen LogP contribution < -0.4 is 5.32 Å². The minimum Gasteiger partial charge on any atom is -0.325 e. The van der Waals surface area contributed by atoms with E-state index in [0.29, 0.717) is 5.69 Å². The van der Waals surface area contributed by atoms with Gasteiger partial charge < -0.3 is 5.32 Å². The number of hydrogen-bond acceptors (Lipinski definition) is 4. The Morgan fingerprint density at radius 2 is 2.06 bits per heavy atom. The maximum Gasteiger partial charge on any atom is 0.278 e. The number of halogens is 1. The van der Waals surface area contributed by atoms with Gasteiger partial charge >= 0.3 is 0 Å². The van der Waals surface area contributed by atoms with Crippen LogP contribution in [0.1, 0.15) is 13.8 Å². The normalized spacial score (nSPS) is 11.5. The van der Waals surface area contributed by atoms with Gasteiger partial charge in [-0.15, -0.1) is 0 Å². The molecule has 1 amide bonds. The number of amides is 1. The van der Waals surface area contributed by atoms with Crippen molar-refractivity contribution in [3.63, 3.8) is 0 Å². The van der Waals surface area contributed by atoms with Gasteiger partial charge in [0.1, 0.15) is 0 Å². The minimum absolute atomic E-state index is 0.156. The molecule has 1 aromatic heterocycles. The molecule has 16 heavy (non-hydrogen) atoms. The highest BCUT2D eigenvalue weighted by atomic mass is 35.7. The first-order chi connectivity index (χ1) is 7.30. The Kier molecular flexibility index (Phi) is 3.88. The molecule has 1 aromatic rings. The molecular formula is C9H11ClN2O3S. The summed E-state index contributed by atoms with van der Waals surface area (Å²) >= 11 is 0. The average molecular weight is 263 g/mol. The standard InChI is InChI=1S/C9H11ClN2O3S/c1-6(2)9(13)12-7-3-4-8(11-5-7)16(10,14)15/h3-6H,1-2H3,(H,12,13). The van der Waals surface area contributed by atoms with Crippen LogP contribution in [0.15, 0.2) is 23.4 Å². The van der Waals surface area contributed by atoms with E-state index in [1.807, 2.05) is 0 Å². The number of nitrogens with zero attached hydrogens (tertiary/aromatic N) is 1. The van der Waals surface area contributed by atoms with Gasteiger partial charge in [0.05, 0.1) is 11.9 Å². The number of pyridine rings is 1. The minimum atomic E-state index is -3.82. The molecule has 0 bridgehead atoms. The van der Waals surface area contributed by atoms with E-state index in [2.05, 4.69) is 10.3 Å². The monoisotopic (exact) mass is 262 g/mol. The third-order valence-electron chi connectivity index (χ3n) is 1.78. The van der Waals surface area contributed by atoms with E-state index in [1.165, 1.54) is 18.3 Å². The van der Waals surface area contributed by atoms with Crippen molar-refractivity contribution >= 4 is 31.3 Å². The van der Waals surface area contributed by atoms with Crippen molar-refractivity contribution in [2.45, 2.75) is 18.9 Å². The molecule has 0 unspecified atom stereocenters. The van der Waals surface area contributed by atoms with Gasteiger partial charge in [-0.3, -0.25) is 4.79 Å². The van der Waals surface area contributed by atoms with Gasteiger partial charge in [0.25, 0.3) is 9.05 Å². The SMILES string of the molecule is CC(C)C(=O)Nc1ccc(S(=O)(=O)Cl)nc1. The lowest BCUT2D eigenvalue weighted by atomic mass is 10.2. The van der Waals surface area contributed by atoms with Crippen LogP contribution in [0.4, 0.5) is 5.69 Å². The number of rotatable bonds is 3. The summed E-state index contributed by atoms with van der Waals surface area (Å²) in [5, 5.41) is 2.34.